The number of aromatic amines is 1. The van der Waals surface area contributed by atoms with Crippen LogP contribution in [0.3, 0.4) is 0 Å². The summed E-state index contributed by atoms with van der Waals surface area (Å²) in [4.78, 5) is 22.9. The molecule has 8 nitrogen and oxygen atoms in total. The van der Waals surface area contributed by atoms with Gasteiger partial charge in [0.2, 0.25) is 0 Å². The lowest BCUT2D eigenvalue weighted by atomic mass is 10.0. The van der Waals surface area contributed by atoms with Gasteiger partial charge in [-0.25, -0.2) is 0 Å². The lowest BCUT2D eigenvalue weighted by Gasteiger charge is -2.19. The second-order valence-corrected chi connectivity index (χ2v) is 8.33. The number of H-pyrrole nitrogens is 1. The van der Waals surface area contributed by atoms with E-state index in [-0.39, 0.29) is 5.91 Å². The molecule has 4 rings (SSSR count). The Morgan fingerprint density at radius 1 is 1.24 bits per heavy atom. The molecule has 0 fully saturated rings. The molecule has 34 heavy (non-hydrogen) atoms. The van der Waals surface area contributed by atoms with Crippen molar-refractivity contribution in [1.82, 2.24) is 20.2 Å². The summed E-state index contributed by atoms with van der Waals surface area (Å²) in [5.74, 6) is 1.02. The Morgan fingerprint density at radius 2 is 2.06 bits per heavy atom. The first-order valence-electron chi connectivity index (χ1n) is 11.5. The maximum absolute atomic E-state index is 12.9. The summed E-state index contributed by atoms with van der Waals surface area (Å²) in [6.07, 6.45) is 4.13. The average Bonchev–Trinajstić information content (AvgIpc) is 3.21. The number of aromatic nitrogens is 2. The molecule has 0 saturated carbocycles. The number of carbonyl (C=O) groups is 1. The van der Waals surface area contributed by atoms with Gasteiger partial charge in [0.15, 0.2) is 5.75 Å². The average molecular weight is 484 g/mol. The lowest BCUT2D eigenvalue weighted by molar-refractivity contribution is 0.0947. The second kappa shape index (κ2) is 10.8. The smallest absolute Gasteiger partial charge is 0.255 e. The SMILES string of the molecule is CCN(CC)CCOc1cnccc1-c1[nH]c2c(c1Nc1cccc(Cl)c1OC)C(=O)NCC2. The predicted octanol–water partition coefficient (Wildman–Crippen LogP) is 4.49. The zero-order valence-corrected chi connectivity index (χ0v) is 20.5. The van der Waals surface area contributed by atoms with E-state index in [1.165, 1.54) is 0 Å². The normalized spacial score (nSPS) is 12.9. The highest BCUT2D eigenvalue weighted by atomic mass is 35.5. The number of ether oxygens (including phenoxy) is 2. The van der Waals surface area contributed by atoms with Gasteiger partial charge in [0.05, 0.1) is 41.0 Å². The van der Waals surface area contributed by atoms with Crippen LogP contribution < -0.4 is 20.1 Å². The van der Waals surface area contributed by atoms with E-state index in [0.717, 1.165) is 36.6 Å². The van der Waals surface area contributed by atoms with Gasteiger partial charge in [-0.1, -0.05) is 31.5 Å². The number of benzene rings is 1. The first kappa shape index (κ1) is 23.9. The van der Waals surface area contributed by atoms with E-state index in [1.807, 2.05) is 18.2 Å². The van der Waals surface area contributed by atoms with E-state index in [9.17, 15) is 4.79 Å². The molecule has 0 unspecified atom stereocenters. The van der Waals surface area contributed by atoms with E-state index in [1.54, 1.807) is 25.6 Å². The number of hydrogen-bond donors (Lipinski definition) is 3. The van der Waals surface area contributed by atoms with Crippen LogP contribution in [-0.2, 0) is 6.42 Å². The lowest BCUT2D eigenvalue weighted by Crippen LogP contribution is -2.31. The van der Waals surface area contributed by atoms with Crippen molar-refractivity contribution >= 4 is 28.9 Å². The number of para-hydroxylation sites is 1. The second-order valence-electron chi connectivity index (χ2n) is 7.93. The Balaban J connectivity index is 1.75. The van der Waals surface area contributed by atoms with Gasteiger partial charge >= 0.3 is 0 Å². The van der Waals surface area contributed by atoms with Crippen LogP contribution in [0.5, 0.6) is 11.5 Å². The molecule has 1 aliphatic rings. The van der Waals surface area contributed by atoms with Crippen LogP contribution in [0, 0.1) is 0 Å². The highest BCUT2D eigenvalue weighted by Crippen LogP contribution is 2.42. The van der Waals surface area contributed by atoms with Gasteiger partial charge in [-0.15, -0.1) is 0 Å². The van der Waals surface area contributed by atoms with Gasteiger partial charge in [-0.2, -0.15) is 0 Å². The van der Waals surface area contributed by atoms with Crippen molar-refractivity contribution in [2.45, 2.75) is 20.3 Å². The fraction of sp³-hybridized carbons (Fsp3) is 0.360. The van der Waals surface area contributed by atoms with E-state index < -0.39 is 0 Å². The van der Waals surface area contributed by atoms with Gasteiger partial charge in [0.25, 0.3) is 5.91 Å². The summed E-state index contributed by atoms with van der Waals surface area (Å²) < 4.78 is 11.7. The molecule has 0 spiro atoms. The summed E-state index contributed by atoms with van der Waals surface area (Å²) >= 11 is 6.35. The van der Waals surface area contributed by atoms with Gasteiger partial charge in [-0.3, -0.25) is 9.78 Å². The minimum atomic E-state index is -0.134. The number of rotatable bonds is 10. The fourth-order valence-corrected chi connectivity index (χ4v) is 4.43. The van der Waals surface area contributed by atoms with E-state index in [2.05, 4.69) is 39.3 Å². The number of halogens is 1. The Labute approximate surface area is 204 Å². The number of pyridine rings is 1. The van der Waals surface area contributed by atoms with Crippen LogP contribution in [0.4, 0.5) is 11.4 Å². The highest BCUT2D eigenvalue weighted by Gasteiger charge is 2.28. The minimum Gasteiger partial charge on any atom is -0.493 e. The number of methoxy groups -OCH3 is 1. The van der Waals surface area contributed by atoms with Crippen molar-refractivity contribution in [3.05, 3.63) is 52.9 Å². The molecule has 9 heteroatoms. The van der Waals surface area contributed by atoms with Crippen molar-refractivity contribution in [3.63, 3.8) is 0 Å². The molecule has 3 aromatic rings. The topological polar surface area (TPSA) is 91.5 Å². The van der Waals surface area contributed by atoms with Crippen LogP contribution in [0.25, 0.3) is 11.3 Å². The van der Waals surface area contributed by atoms with Gasteiger partial charge in [0.1, 0.15) is 12.4 Å². The standard InChI is InChI=1S/C25H30ClN5O3/c1-4-31(5-2)13-14-34-20-15-27-11-9-16(20)22-23(21-18(29-22)10-12-28-25(21)32)30-19-8-6-7-17(26)24(19)33-3/h6-9,11,15,29-30H,4-5,10,12-14H2,1-3H3,(H,28,32). The number of likely N-dealkylation sites (N-methyl/N-ethyl adjacent to an activating group) is 1. The maximum Gasteiger partial charge on any atom is 0.255 e. The van der Waals surface area contributed by atoms with Gasteiger partial charge < -0.3 is 30.0 Å². The zero-order chi connectivity index (χ0) is 24.1. The number of nitrogens with one attached hydrogen (secondary N) is 3. The Kier molecular flexibility index (Phi) is 7.59. The monoisotopic (exact) mass is 483 g/mol. The number of nitrogens with zero attached hydrogens (tertiary/aromatic N) is 2. The van der Waals surface area contributed by atoms with E-state index >= 15 is 0 Å². The molecule has 2 aromatic heterocycles. The van der Waals surface area contributed by atoms with Gasteiger partial charge in [-0.05, 0) is 31.3 Å². The van der Waals surface area contributed by atoms with E-state index in [0.29, 0.717) is 53.0 Å². The van der Waals surface area contributed by atoms with Gasteiger partial charge in [0, 0.05) is 37.0 Å². The van der Waals surface area contributed by atoms with Crippen molar-refractivity contribution in [1.29, 1.82) is 0 Å². The van der Waals surface area contributed by atoms with Crippen molar-refractivity contribution in [2.24, 2.45) is 0 Å². The molecule has 1 aliphatic heterocycles. The Bertz CT molecular complexity index is 1160. The van der Waals surface area contributed by atoms with Crippen LogP contribution in [0.2, 0.25) is 5.02 Å². The van der Waals surface area contributed by atoms with Crippen LogP contribution in [0.15, 0.2) is 36.7 Å². The van der Waals surface area contributed by atoms with Crippen LogP contribution in [-0.4, -0.2) is 60.7 Å². The maximum atomic E-state index is 12.9. The number of anilines is 2. The first-order chi connectivity index (χ1) is 16.6. The molecular weight excluding hydrogens is 454 g/mol. The largest absolute Gasteiger partial charge is 0.493 e. The number of hydrogen-bond acceptors (Lipinski definition) is 6. The third-order valence-corrected chi connectivity index (χ3v) is 6.31. The number of amides is 1. The third-order valence-electron chi connectivity index (χ3n) is 6.01. The zero-order valence-electron chi connectivity index (χ0n) is 19.7. The predicted molar refractivity (Wildman–Crippen MR) is 135 cm³/mol. The fourth-order valence-electron chi connectivity index (χ4n) is 4.18. The molecule has 0 bridgehead atoms. The summed E-state index contributed by atoms with van der Waals surface area (Å²) in [5, 5.41) is 6.82. The van der Waals surface area contributed by atoms with Crippen molar-refractivity contribution in [3.8, 4) is 22.8 Å². The number of carbonyl (C=O) groups excluding carboxylic acids is 1. The van der Waals surface area contributed by atoms with Crippen molar-refractivity contribution < 1.29 is 14.3 Å². The van der Waals surface area contributed by atoms with Crippen molar-refractivity contribution in [2.75, 3.05) is 45.2 Å². The summed E-state index contributed by atoms with van der Waals surface area (Å²) in [6.45, 7) is 8.13. The molecule has 0 radical (unpaired) electrons. The highest BCUT2D eigenvalue weighted by molar-refractivity contribution is 6.32. The molecule has 1 amide bonds. The molecule has 180 valence electrons. The minimum absolute atomic E-state index is 0.134. The van der Waals surface area contributed by atoms with E-state index in [4.69, 9.17) is 21.1 Å². The summed E-state index contributed by atoms with van der Waals surface area (Å²) in [6, 6.07) is 7.35. The number of fused-ring (bicyclic) bond motifs is 1. The van der Waals surface area contributed by atoms with Crippen LogP contribution >= 0.6 is 11.6 Å². The molecule has 0 atom stereocenters. The Morgan fingerprint density at radius 3 is 2.82 bits per heavy atom. The first-order valence-corrected chi connectivity index (χ1v) is 11.9. The summed E-state index contributed by atoms with van der Waals surface area (Å²) in [7, 11) is 1.57. The molecule has 0 saturated heterocycles. The molecular formula is C25H30ClN5O3. The quantitative estimate of drug-likeness (QED) is 0.393. The Hall–Kier alpha value is -3.23. The molecule has 3 N–H and O–H groups in total. The van der Waals surface area contributed by atoms with Crippen LogP contribution in [0.1, 0.15) is 29.9 Å². The summed E-state index contributed by atoms with van der Waals surface area (Å²) in [5.41, 5.74) is 4.33. The molecule has 3 heterocycles. The molecule has 1 aromatic carbocycles. The molecule has 0 aliphatic carbocycles. The third kappa shape index (κ3) is 4.83.